The van der Waals surface area contributed by atoms with Gasteiger partial charge in [-0.1, -0.05) is 42.5 Å². The molecule has 5 aromatic rings. The van der Waals surface area contributed by atoms with Crippen molar-refractivity contribution in [2.24, 2.45) is 0 Å². The minimum atomic E-state index is 0.711. The lowest BCUT2D eigenvalue weighted by atomic mass is 9.97. The van der Waals surface area contributed by atoms with Gasteiger partial charge in [0, 0.05) is 10.8 Å². The smallest absolute Gasteiger partial charge is 0.161 e. The molecule has 0 atom stereocenters. The average Bonchev–Trinajstić information content (AvgIpc) is 3.19. The van der Waals surface area contributed by atoms with Crippen molar-refractivity contribution in [1.29, 1.82) is 0 Å². The Morgan fingerprint density at radius 2 is 1.26 bits per heavy atom. The van der Waals surface area contributed by atoms with Gasteiger partial charge in [-0.05, 0) is 40.4 Å². The Balaban J connectivity index is 2.03. The van der Waals surface area contributed by atoms with Crippen molar-refractivity contribution in [2.75, 3.05) is 14.2 Å². The minimum absolute atomic E-state index is 0.711. The van der Waals surface area contributed by atoms with Crippen molar-refractivity contribution in [3.05, 3.63) is 72.9 Å². The Bertz CT molecular complexity index is 1290. The number of para-hydroxylation sites is 1. The van der Waals surface area contributed by atoms with Gasteiger partial charge in [-0.15, -0.1) is 0 Å². The van der Waals surface area contributed by atoms with E-state index in [0.717, 1.165) is 33.1 Å². The van der Waals surface area contributed by atoms with E-state index in [1.165, 1.54) is 10.8 Å². The fourth-order valence-electron chi connectivity index (χ4n) is 3.82. The van der Waals surface area contributed by atoms with Gasteiger partial charge in [0.2, 0.25) is 0 Å². The van der Waals surface area contributed by atoms with E-state index in [4.69, 9.17) is 14.6 Å². The van der Waals surface area contributed by atoms with Crippen LogP contribution >= 0.6 is 0 Å². The fourth-order valence-corrected chi connectivity index (χ4v) is 3.82. The standard InChI is InChI=1S/C23H18N2O2/c1-26-21-12-18-16-10-6-7-11-17(16)20-14-24-25(15-8-4-3-5-9-15)23(20)19(18)13-22(21)27-2/h3-14H,1-2H3. The Labute approximate surface area is 156 Å². The summed E-state index contributed by atoms with van der Waals surface area (Å²) in [7, 11) is 3.33. The molecule has 0 fully saturated rings. The maximum absolute atomic E-state index is 5.57. The van der Waals surface area contributed by atoms with Gasteiger partial charge in [-0.3, -0.25) is 0 Å². The number of ether oxygens (including phenoxy) is 2. The normalized spacial score (nSPS) is 11.3. The summed E-state index contributed by atoms with van der Waals surface area (Å²) in [5, 5.41) is 10.4. The largest absolute Gasteiger partial charge is 0.493 e. The van der Waals surface area contributed by atoms with Crippen LogP contribution in [0.2, 0.25) is 0 Å². The first kappa shape index (κ1) is 15.7. The molecule has 0 aliphatic carbocycles. The molecule has 0 bridgehead atoms. The number of rotatable bonds is 3. The first-order valence-corrected chi connectivity index (χ1v) is 8.81. The molecule has 0 amide bonds. The maximum Gasteiger partial charge on any atom is 0.161 e. The number of benzene rings is 4. The number of nitrogens with zero attached hydrogens (tertiary/aromatic N) is 2. The van der Waals surface area contributed by atoms with Crippen molar-refractivity contribution in [1.82, 2.24) is 9.78 Å². The molecule has 1 heterocycles. The molecule has 0 unspecified atom stereocenters. The van der Waals surface area contributed by atoms with E-state index < -0.39 is 0 Å². The maximum atomic E-state index is 5.57. The monoisotopic (exact) mass is 354 g/mol. The highest BCUT2D eigenvalue weighted by atomic mass is 16.5. The van der Waals surface area contributed by atoms with Crippen molar-refractivity contribution in [3.8, 4) is 17.2 Å². The van der Waals surface area contributed by atoms with Crippen LogP contribution < -0.4 is 9.47 Å². The summed E-state index contributed by atoms with van der Waals surface area (Å²) in [5.41, 5.74) is 2.09. The molecular weight excluding hydrogens is 336 g/mol. The molecule has 1 aromatic heterocycles. The molecule has 4 heteroatoms. The predicted molar refractivity (Wildman–Crippen MR) is 109 cm³/mol. The lowest BCUT2D eigenvalue weighted by Gasteiger charge is -2.14. The summed E-state index contributed by atoms with van der Waals surface area (Å²) in [5.74, 6) is 1.43. The van der Waals surface area contributed by atoms with Crippen molar-refractivity contribution in [2.45, 2.75) is 0 Å². The molecule has 4 aromatic carbocycles. The van der Waals surface area contributed by atoms with Crippen LogP contribution in [0.4, 0.5) is 0 Å². The second kappa shape index (κ2) is 6.02. The fraction of sp³-hybridized carbons (Fsp3) is 0.0870. The zero-order valence-electron chi connectivity index (χ0n) is 15.1. The van der Waals surface area contributed by atoms with E-state index in [9.17, 15) is 0 Å². The highest BCUT2D eigenvalue weighted by Gasteiger charge is 2.17. The molecule has 0 saturated heterocycles. The van der Waals surface area contributed by atoms with E-state index in [2.05, 4.69) is 42.5 Å². The molecule has 4 nitrogen and oxygen atoms in total. The summed E-state index contributed by atoms with van der Waals surface area (Å²) < 4.78 is 13.1. The zero-order valence-corrected chi connectivity index (χ0v) is 15.1. The van der Waals surface area contributed by atoms with Gasteiger partial charge in [0.05, 0.1) is 31.6 Å². The first-order chi connectivity index (χ1) is 13.3. The van der Waals surface area contributed by atoms with Gasteiger partial charge >= 0.3 is 0 Å². The van der Waals surface area contributed by atoms with E-state index in [-0.39, 0.29) is 0 Å². The highest BCUT2D eigenvalue weighted by Crippen LogP contribution is 2.41. The third-order valence-corrected chi connectivity index (χ3v) is 5.06. The van der Waals surface area contributed by atoms with Crippen LogP contribution in [0.1, 0.15) is 0 Å². The number of aromatic nitrogens is 2. The molecule has 0 aliphatic rings. The topological polar surface area (TPSA) is 36.3 Å². The van der Waals surface area contributed by atoms with Gasteiger partial charge in [-0.2, -0.15) is 5.10 Å². The van der Waals surface area contributed by atoms with Crippen LogP contribution in [0.25, 0.3) is 38.1 Å². The number of fused-ring (bicyclic) bond motifs is 6. The van der Waals surface area contributed by atoms with E-state index >= 15 is 0 Å². The summed E-state index contributed by atoms with van der Waals surface area (Å²) in [6.07, 6.45) is 1.95. The summed E-state index contributed by atoms with van der Waals surface area (Å²) in [6.45, 7) is 0. The SMILES string of the molecule is COc1cc2c3ccccc3c3cnn(-c4ccccc4)c3c2cc1OC. The highest BCUT2D eigenvalue weighted by molar-refractivity contribution is 6.25. The Morgan fingerprint density at radius 1 is 0.667 bits per heavy atom. The van der Waals surface area contributed by atoms with Crippen LogP contribution in [-0.2, 0) is 0 Å². The van der Waals surface area contributed by atoms with Crippen LogP contribution in [-0.4, -0.2) is 24.0 Å². The van der Waals surface area contributed by atoms with Gasteiger partial charge in [0.1, 0.15) is 0 Å². The summed E-state index contributed by atoms with van der Waals surface area (Å²) in [6, 6.07) is 22.7. The van der Waals surface area contributed by atoms with Crippen molar-refractivity contribution >= 4 is 32.4 Å². The third kappa shape index (κ3) is 2.27. The van der Waals surface area contributed by atoms with Crippen molar-refractivity contribution < 1.29 is 9.47 Å². The quantitative estimate of drug-likeness (QED) is 0.410. The lowest BCUT2D eigenvalue weighted by Crippen LogP contribution is -1.97. The lowest BCUT2D eigenvalue weighted by molar-refractivity contribution is 0.356. The van der Waals surface area contributed by atoms with E-state index in [0.29, 0.717) is 5.75 Å². The molecule has 0 spiro atoms. The summed E-state index contributed by atoms with van der Waals surface area (Å²) in [4.78, 5) is 0. The van der Waals surface area contributed by atoms with Crippen molar-refractivity contribution in [3.63, 3.8) is 0 Å². The average molecular weight is 354 g/mol. The zero-order chi connectivity index (χ0) is 18.4. The van der Waals surface area contributed by atoms with Gasteiger partial charge in [0.15, 0.2) is 11.5 Å². The van der Waals surface area contributed by atoms with Gasteiger partial charge in [0.25, 0.3) is 0 Å². The predicted octanol–water partition coefficient (Wildman–Crippen LogP) is 5.35. The van der Waals surface area contributed by atoms with E-state index in [1.54, 1.807) is 14.2 Å². The Kier molecular flexibility index (Phi) is 3.50. The molecule has 0 aliphatic heterocycles. The molecule has 0 saturated carbocycles. The number of methoxy groups -OCH3 is 2. The van der Waals surface area contributed by atoms with Crippen LogP contribution in [0.15, 0.2) is 72.9 Å². The number of hydrogen-bond donors (Lipinski definition) is 0. The Morgan fingerprint density at radius 3 is 1.93 bits per heavy atom. The first-order valence-electron chi connectivity index (χ1n) is 8.81. The van der Waals surface area contributed by atoms with E-state index in [1.807, 2.05) is 35.1 Å². The molecule has 0 N–H and O–H groups in total. The molecule has 5 rings (SSSR count). The minimum Gasteiger partial charge on any atom is -0.493 e. The third-order valence-electron chi connectivity index (χ3n) is 5.06. The van der Waals surface area contributed by atoms with Crippen LogP contribution in [0.3, 0.4) is 0 Å². The second-order valence-corrected chi connectivity index (χ2v) is 6.45. The second-order valence-electron chi connectivity index (χ2n) is 6.45. The molecule has 132 valence electrons. The van der Waals surface area contributed by atoms with Crippen LogP contribution in [0.5, 0.6) is 11.5 Å². The van der Waals surface area contributed by atoms with Crippen LogP contribution in [0, 0.1) is 0 Å². The molecular formula is C23H18N2O2. The summed E-state index contributed by atoms with van der Waals surface area (Å²) >= 11 is 0. The number of hydrogen-bond acceptors (Lipinski definition) is 3. The van der Waals surface area contributed by atoms with Gasteiger partial charge in [-0.25, -0.2) is 4.68 Å². The van der Waals surface area contributed by atoms with Gasteiger partial charge < -0.3 is 9.47 Å². The Hall–Kier alpha value is -3.53. The molecule has 27 heavy (non-hydrogen) atoms. The molecule has 0 radical (unpaired) electrons.